The number of aliphatic hydroxyl groups is 1. The van der Waals surface area contributed by atoms with E-state index in [0.29, 0.717) is 22.9 Å². The van der Waals surface area contributed by atoms with Crippen LogP contribution in [-0.2, 0) is 12.6 Å². The van der Waals surface area contributed by atoms with Crippen LogP contribution in [0.25, 0.3) is 10.9 Å². The molecule has 0 saturated carbocycles. The normalized spacial score (nSPS) is 14.2. The van der Waals surface area contributed by atoms with Gasteiger partial charge in [0.15, 0.2) is 0 Å². The molecule has 1 aromatic heterocycles. The molecular weight excluding hydrogens is 231 g/mol. The predicted octanol–water partition coefficient (Wildman–Crippen LogP) is 3.11. The summed E-state index contributed by atoms with van der Waals surface area (Å²) in [6, 6.07) is 3.57. The number of fused-ring (bicyclic) bond motifs is 1. The third kappa shape index (κ3) is 2.44. The van der Waals surface area contributed by atoms with E-state index in [1.165, 1.54) is 6.07 Å². The minimum atomic E-state index is -4.34. The molecule has 92 valence electrons. The van der Waals surface area contributed by atoms with E-state index in [0.717, 1.165) is 12.1 Å². The number of H-pyrrole nitrogens is 1. The van der Waals surface area contributed by atoms with Gasteiger partial charge in [-0.05, 0) is 30.7 Å². The molecule has 0 aliphatic heterocycles. The highest BCUT2D eigenvalue weighted by atomic mass is 19.4. The van der Waals surface area contributed by atoms with Crippen molar-refractivity contribution in [3.63, 3.8) is 0 Å². The topological polar surface area (TPSA) is 36.0 Å². The van der Waals surface area contributed by atoms with E-state index >= 15 is 0 Å². The second-order valence-corrected chi connectivity index (χ2v) is 4.13. The lowest BCUT2D eigenvalue weighted by Crippen LogP contribution is -2.05. The zero-order chi connectivity index (χ0) is 12.6. The Bertz CT molecular complexity index is 528. The smallest absolute Gasteiger partial charge is 0.393 e. The quantitative estimate of drug-likeness (QED) is 0.835. The number of hydrogen-bond acceptors (Lipinski definition) is 1. The zero-order valence-electron chi connectivity index (χ0n) is 9.17. The standard InChI is InChI=1S/C12H12F3NO/c1-7(17)4-8-6-16-11-3-2-9(5-10(8)11)12(13,14)15/h2-3,5-7,16-17H,4H2,1H3. The van der Waals surface area contributed by atoms with E-state index in [1.54, 1.807) is 13.1 Å². The van der Waals surface area contributed by atoms with Crippen LogP contribution in [0.15, 0.2) is 24.4 Å². The largest absolute Gasteiger partial charge is 0.416 e. The average Bonchev–Trinajstić information content (AvgIpc) is 2.59. The van der Waals surface area contributed by atoms with Crippen molar-refractivity contribution >= 4 is 10.9 Å². The van der Waals surface area contributed by atoms with Gasteiger partial charge < -0.3 is 10.1 Å². The Balaban J connectivity index is 2.50. The lowest BCUT2D eigenvalue weighted by Gasteiger charge is -2.07. The summed E-state index contributed by atoms with van der Waals surface area (Å²) >= 11 is 0. The van der Waals surface area contributed by atoms with Gasteiger partial charge in [-0.1, -0.05) is 0 Å². The molecule has 5 heteroatoms. The van der Waals surface area contributed by atoms with Gasteiger partial charge in [0.05, 0.1) is 11.7 Å². The van der Waals surface area contributed by atoms with Gasteiger partial charge in [-0.2, -0.15) is 13.2 Å². The fraction of sp³-hybridized carbons (Fsp3) is 0.333. The molecule has 2 rings (SSSR count). The first-order valence-corrected chi connectivity index (χ1v) is 5.23. The van der Waals surface area contributed by atoms with Gasteiger partial charge in [0.1, 0.15) is 0 Å². The summed E-state index contributed by atoms with van der Waals surface area (Å²) in [5.41, 5.74) is 0.672. The van der Waals surface area contributed by atoms with Crippen molar-refractivity contribution in [2.24, 2.45) is 0 Å². The van der Waals surface area contributed by atoms with Gasteiger partial charge >= 0.3 is 6.18 Å². The summed E-state index contributed by atoms with van der Waals surface area (Å²) in [7, 11) is 0. The highest BCUT2D eigenvalue weighted by Gasteiger charge is 2.30. The molecule has 1 unspecified atom stereocenters. The van der Waals surface area contributed by atoms with Gasteiger partial charge in [0, 0.05) is 23.5 Å². The summed E-state index contributed by atoms with van der Waals surface area (Å²) < 4.78 is 37.7. The van der Waals surface area contributed by atoms with Crippen molar-refractivity contribution in [2.45, 2.75) is 25.6 Å². The summed E-state index contributed by atoms with van der Waals surface area (Å²) in [6.45, 7) is 1.60. The second-order valence-electron chi connectivity index (χ2n) is 4.13. The van der Waals surface area contributed by atoms with Crippen LogP contribution >= 0.6 is 0 Å². The van der Waals surface area contributed by atoms with Crippen LogP contribution in [0.3, 0.4) is 0 Å². The Hall–Kier alpha value is -1.49. The summed E-state index contributed by atoms with van der Waals surface area (Å²) in [5, 5.41) is 9.79. The molecule has 2 aromatic rings. The van der Waals surface area contributed by atoms with Gasteiger partial charge in [-0.15, -0.1) is 0 Å². The van der Waals surface area contributed by atoms with Crippen LogP contribution in [0.4, 0.5) is 13.2 Å². The molecule has 2 nitrogen and oxygen atoms in total. The summed E-state index contributed by atoms with van der Waals surface area (Å²) in [6.07, 6.45) is -2.95. The molecule has 17 heavy (non-hydrogen) atoms. The minimum absolute atomic E-state index is 0.335. The van der Waals surface area contributed by atoms with E-state index in [2.05, 4.69) is 4.98 Å². The minimum Gasteiger partial charge on any atom is -0.393 e. The van der Waals surface area contributed by atoms with E-state index in [-0.39, 0.29) is 0 Å². The third-order valence-corrected chi connectivity index (χ3v) is 2.61. The average molecular weight is 243 g/mol. The lowest BCUT2D eigenvalue weighted by atomic mass is 10.1. The number of benzene rings is 1. The van der Waals surface area contributed by atoms with Crippen molar-refractivity contribution < 1.29 is 18.3 Å². The van der Waals surface area contributed by atoms with Crippen molar-refractivity contribution in [3.8, 4) is 0 Å². The SMILES string of the molecule is CC(O)Cc1c[nH]c2ccc(C(F)(F)F)cc12. The molecular formula is C12H12F3NO. The van der Waals surface area contributed by atoms with Crippen LogP contribution in [0.5, 0.6) is 0 Å². The van der Waals surface area contributed by atoms with Crippen LogP contribution in [0.1, 0.15) is 18.1 Å². The van der Waals surface area contributed by atoms with E-state index < -0.39 is 17.8 Å². The van der Waals surface area contributed by atoms with Crippen molar-refractivity contribution in [1.29, 1.82) is 0 Å². The molecule has 1 aromatic carbocycles. The first-order chi connectivity index (χ1) is 7.88. The number of halogens is 3. The Morgan fingerprint density at radius 1 is 1.35 bits per heavy atom. The molecule has 1 atom stereocenters. The molecule has 1 heterocycles. The fourth-order valence-corrected chi connectivity index (χ4v) is 1.84. The molecule has 2 N–H and O–H groups in total. The van der Waals surface area contributed by atoms with Crippen molar-refractivity contribution in [3.05, 3.63) is 35.5 Å². The Morgan fingerprint density at radius 2 is 2.06 bits per heavy atom. The van der Waals surface area contributed by atoms with E-state index in [4.69, 9.17) is 0 Å². The second kappa shape index (κ2) is 4.07. The Kier molecular flexibility index (Phi) is 2.87. The number of aromatic nitrogens is 1. The van der Waals surface area contributed by atoms with Gasteiger partial charge in [-0.3, -0.25) is 0 Å². The first kappa shape index (κ1) is 12.0. The van der Waals surface area contributed by atoms with E-state index in [9.17, 15) is 18.3 Å². The number of rotatable bonds is 2. The maximum Gasteiger partial charge on any atom is 0.416 e. The fourth-order valence-electron chi connectivity index (χ4n) is 1.84. The highest BCUT2D eigenvalue weighted by molar-refractivity contribution is 5.84. The Labute approximate surface area is 96.1 Å². The molecule has 0 spiro atoms. The van der Waals surface area contributed by atoms with E-state index in [1.807, 2.05) is 0 Å². The van der Waals surface area contributed by atoms with Crippen LogP contribution < -0.4 is 0 Å². The zero-order valence-corrected chi connectivity index (χ0v) is 9.17. The number of aliphatic hydroxyl groups excluding tert-OH is 1. The maximum atomic E-state index is 12.6. The lowest BCUT2D eigenvalue weighted by molar-refractivity contribution is -0.137. The molecule has 0 radical (unpaired) electrons. The summed E-state index contributed by atoms with van der Waals surface area (Å²) in [4.78, 5) is 2.89. The monoisotopic (exact) mass is 243 g/mol. The predicted molar refractivity (Wildman–Crippen MR) is 58.7 cm³/mol. The van der Waals surface area contributed by atoms with Gasteiger partial charge in [-0.25, -0.2) is 0 Å². The number of hydrogen-bond donors (Lipinski definition) is 2. The third-order valence-electron chi connectivity index (χ3n) is 2.61. The first-order valence-electron chi connectivity index (χ1n) is 5.23. The van der Waals surface area contributed by atoms with Crippen LogP contribution in [0, 0.1) is 0 Å². The van der Waals surface area contributed by atoms with Gasteiger partial charge in [0.25, 0.3) is 0 Å². The number of nitrogens with one attached hydrogen (secondary N) is 1. The van der Waals surface area contributed by atoms with Crippen LogP contribution in [0.2, 0.25) is 0 Å². The number of alkyl halides is 3. The summed E-state index contributed by atoms with van der Waals surface area (Å²) in [5.74, 6) is 0. The molecule has 0 aliphatic carbocycles. The molecule has 0 amide bonds. The van der Waals surface area contributed by atoms with Crippen LogP contribution in [-0.4, -0.2) is 16.2 Å². The maximum absolute atomic E-state index is 12.6. The van der Waals surface area contributed by atoms with Gasteiger partial charge in [0.2, 0.25) is 0 Å². The van der Waals surface area contributed by atoms with Crippen molar-refractivity contribution in [2.75, 3.05) is 0 Å². The highest BCUT2D eigenvalue weighted by Crippen LogP contribution is 2.32. The molecule has 0 aliphatic rings. The van der Waals surface area contributed by atoms with Crippen molar-refractivity contribution in [1.82, 2.24) is 4.98 Å². The molecule has 0 fully saturated rings. The molecule has 0 bridgehead atoms. The Morgan fingerprint density at radius 3 is 2.65 bits per heavy atom. The number of aromatic amines is 1. The molecule has 0 saturated heterocycles.